The molecule has 242 valence electrons. The SMILES string of the molecule is C=CC1=CCC(CC(C)c2ccccc2-c2ccc3c4cc(C5c6ccccc6-c6ccccc65)ccc4n(-c4ccccc4)c3c2C)C=C1. The summed E-state index contributed by atoms with van der Waals surface area (Å²) in [5.74, 6) is 1.18. The maximum atomic E-state index is 3.95. The minimum atomic E-state index is 0.216. The van der Waals surface area contributed by atoms with Crippen LogP contribution in [0.4, 0.5) is 0 Å². The van der Waals surface area contributed by atoms with Crippen molar-refractivity contribution in [1.82, 2.24) is 4.57 Å². The number of aryl methyl sites for hydroxylation is 1. The monoisotopic (exact) mass is 643 g/mol. The van der Waals surface area contributed by atoms with E-state index in [2.05, 4.69) is 177 Å². The van der Waals surface area contributed by atoms with Crippen LogP contribution in [0.25, 0.3) is 49.7 Å². The van der Waals surface area contributed by atoms with Gasteiger partial charge in [0.2, 0.25) is 0 Å². The lowest BCUT2D eigenvalue weighted by Crippen LogP contribution is -2.06. The van der Waals surface area contributed by atoms with Crippen molar-refractivity contribution >= 4 is 21.8 Å². The van der Waals surface area contributed by atoms with E-state index in [1.54, 1.807) is 0 Å². The fourth-order valence-corrected chi connectivity index (χ4v) is 8.88. The first-order valence-electron chi connectivity index (χ1n) is 18.0. The molecule has 0 N–H and O–H groups in total. The van der Waals surface area contributed by atoms with E-state index in [-0.39, 0.29) is 5.92 Å². The van der Waals surface area contributed by atoms with Gasteiger partial charge >= 0.3 is 0 Å². The molecule has 2 aliphatic rings. The number of benzene rings is 6. The van der Waals surface area contributed by atoms with Crippen LogP contribution in [0.1, 0.15) is 59.4 Å². The third kappa shape index (κ3) is 4.91. The van der Waals surface area contributed by atoms with Gasteiger partial charge in [-0.25, -0.2) is 0 Å². The molecule has 0 spiro atoms. The molecular weight excluding hydrogens is 603 g/mol. The van der Waals surface area contributed by atoms with Crippen LogP contribution in [0.3, 0.4) is 0 Å². The molecule has 0 saturated heterocycles. The molecule has 0 aliphatic heterocycles. The molecule has 0 fully saturated rings. The second kappa shape index (κ2) is 12.3. The van der Waals surface area contributed by atoms with E-state index in [0.717, 1.165) is 12.8 Å². The van der Waals surface area contributed by atoms with E-state index in [4.69, 9.17) is 0 Å². The number of aromatic nitrogens is 1. The fourth-order valence-electron chi connectivity index (χ4n) is 8.88. The predicted octanol–water partition coefficient (Wildman–Crippen LogP) is 13.1. The van der Waals surface area contributed by atoms with Crippen molar-refractivity contribution in [2.24, 2.45) is 5.92 Å². The Hall–Kier alpha value is -5.66. The molecule has 9 rings (SSSR count). The zero-order chi connectivity index (χ0) is 33.8. The minimum Gasteiger partial charge on any atom is -0.309 e. The summed E-state index contributed by atoms with van der Waals surface area (Å²) in [6.07, 6.45) is 11.1. The Bertz CT molecular complexity index is 2440. The second-order valence-corrected chi connectivity index (χ2v) is 14.2. The molecular formula is C49H41N. The fraction of sp³-hybridized carbons (Fsp3) is 0.143. The predicted molar refractivity (Wildman–Crippen MR) is 212 cm³/mol. The molecule has 1 nitrogen and oxygen atoms in total. The summed E-state index contributed by atoms with van der Waals surface area (Å²) in [4.78, 5) is 0. The highest BCUT2D eigenvalue weighted by molar-refractivity contribution is 6.12. The van der Waals surface area contributed by atoms with Crippen LogP contribution < -0.4 is 0 Å². The summed E-state index contributed by atoms with van der Waals surface area (Å²) in [7, 11) is 0. The van der Waals surface area contributed by atoms with Crippen LogP contribution in [0.2, 0.25) is 0 Å². The maximum absolute atomic E-state index is 3.95. The van der Waals surface area contributed by atoms with E-state index in [0.29, 0.717) is 11.8 Å². The van der Waals surface area contributed by atoms with Crippen molar-refractivity contribution in [1.29, 1.82) is 0 Å². The van der Waals surface area contributed by atoms with Crippen LogP contribution in [0, 0.1) is 12.8 Å². The Morgan fingerprint density at radius 1 is 0.720 bits per heavy atom. The van der Waals surface area contributed by atoms with Crippen LogP contribution in [0.5, 0.6) is 0 Å². The average molecular weight is 644 g/mol. The van der Waals surface area contributed by atoms with Gasteiger partial charge in [0.05, 0.1) is 11.0 Å². The number of para-hydroxylation sites is 1. The van der Waals surface area contributed by atoms with Crippen molar-refractivity contribution in [3.63, 3.8) is 0 Å². The lowest BCUT2D eigenvalue weighted by molar-refractivity contribution is 0.531. The van der Waals surface area contributed by atoms with E-state index in [1.807, 2.05) is 6.08 Å². The van der Waals surface area contributed by atoms with Crippen molar-refractivity contribution in [2.75, 3.05) is 0 Å². The van der Waals surface area contributed by atoms with E-state index in [1.165, 1.54) is 83.1 Å². The van der Waals surface area contributed by atoms with Gasteiger partial charge in [-0.2, -0.15) is 0 Å². The van der Waals surface area contributed by atoms with Gasteiger partial charge in [-0.15, -0.1) is 0 Å². The summed E-state index contributed by atoms with van der Waals surface area (Å²) in [6.45, 7) is 8.67. The first-order valence-corrected chi connectivity index (χ1v) is 18.0. The van der Waals surface area contributed by atoms with Crippen molar-refractivity contribution in [3.05, 3.63) is 198 Å². The molecule has 0 radical (unpaired) electrons. The summed E-state index contributed by atoms with van der Waals surface area (Å²) >= 11 is 0. The van der Waals surface area contributed by atoms with Gasteiger partial charge in [-0.3, -0.25) is 0 Å². The zero-order valence-corrected chi connectivity index (χ0v) is 28.8. The molecule has 0 saturated carbocycles. The third-order valence-electron chi connectivity index (χ3n) is 11.3. The Balaban J connectivity index is 1.20. The van der Waals surface area contributed by atoms with E-state index >= 15 is 0 Å². The Morgan fingerprint density at radius 3 is 2.10 bits per heavy atom. The number of fused-ring (bicyclic) bond motifs is 6. The molecule has 6 aromatic carbocycles. The summed E-state index contributed by atoms with van der Waals surface area (Å²) in [5.41, 5.74) is 17.2. The second-order valence-electron chi connectivity index (χ2n) is 14.2. The summed E-state index contributed by atoms with van der Waals surface area (Å²) in [5, 5.41) is 2.60. The average Bonchev–Trinajstić information content (AvgIpc) is 3.69. The Labute approximate surface area is 295 Å². The highest BCUT2D eigenvalue weighted by Crippen LogP contribution is 2.49. The number of hydrogen-bond donors (Lipinski definition) is 0. The number of rotatable bonds is 7. The van der Waals surface area contributed by atoms with Gasteiger partial charge in [-0.05, 0) is 112 Å². The minimum absolute atomic E-state index is 0.216. The standard InChI is InChI=1S/C49H41N/c1-4-34-22-24-35(25-23-34)30-32(2)38-16-8-9-17-40(38)39-27-28-45-46-31-36(48-43-20-12-10-18-41(43)42-19-11-13-21-44(42)48)26-29-47(46)50(49(45)33(39)3)37-14-6-5-7-15-37/h4-24,26-29,31-32,35,48H,1,25,30H2,2-3H3. The van der Waals surface area contributed by atoms with Gasteiger partial charge in [0.1, 0.15) is 0 Å². The molecule has 50 heavy (non-hydrogen) atoms. The lowest BCUT2D eigenvalue weighted by Gasteiger charge is -2.23. The van der Waals surface area contributed by atoms with Gasteiger partial charge in [0, 0.05) is 22.4 Å². The Morgan fingerprint density at radius 2 is 1.40 bits per heavy atom. The van der Waals surface area contributed by atoms with Gasteiger partial charge in [0.25, 0.3) is 0 Å². The van der Waals surface area contributed by atoms with Crippen LogP contribution in [-0.4, -0.2) is 4.57 Å². The lowest BCUT2D eigenvalue weighted by atomic mass is 9.82. The normalized spacial score (nSPS) is 16.0. The maximum Gasteiger partial charge on any atom is 0.0576 e. The number of hydrogen-bond acceptors (Lipinski definition) is 0. The first-order chi connectivity index (χ1) is 24.6. The van der Waals surface area contributed by atoms with Crippen molar-refractivity contribution < 1.29 is 0 Å². The third-order valence-corrected chi connectivity index (χ3v) is 11.3. The van der Waals surface area contributed by atoms with Crippen LogP contribution in [0.15, 0.2) is 170 Å². The molecule has 7 aromatic rings. The number of allylic oxidation sites excluding steroid dienone is 5. The summed E-state index contributed by atoms with van der Waals surface area (Å²) < 4.78 is 2.49. The van der Waals surface area contributed by atoms with E-state index < -0.39 is 0 Å². The van der Waals surface area contributed by atoms with Crippen molar-refractivity contribution in [3.8, 4) is 27.9 Å². The quantitative estimate of drug-likeness (QED) is 0.163. The molecule has 1 heterocycles. The molecule has 0 bridgehead atoms. The highest BCUT2D eigenvalue weighted by atomic mass is 15.0. The molecule has 0 amide bonds. The van der Waals surface area contributed by atoms with E-state index in [9.17, 15) is 0 Å². The molecule has 2 unspecified atom stereocenters. The van der Waals surface area contributed by atoms with Gasteiger partial charge < -0.3 is 4.57 Å². The molecule has 1 heteroatoms. The zero-order valence-electron chi connectivity index (χ0n) is 28.8. The van der Waals surface area contributed by atoms with Gasteiger partial charge in [-0.1, -0.05) is 147 Å². The molecule has 1 aromatic heterocycles. The van der Waals surface area contributed by atoms with Crippen molar-refractivity contribution in [2.45, 2.75) is 38.5 Å². The highest BCUT2D eigenvalue weighted by Gasteiger charge is 2.30. The molecule has 2 atom stereocenters. The van der Waals surface area contributed by atoms with Crippen LogP contribution >= 0.6 is 0 Å². The van der Waals surface area contributed by atoms with Crippen LogP contribution in [-0.2, 0) is 0 Å². The van der Waals surface area contributed by atoms with Gasteiger partial charge in [0.15, 0.2) is 0 Å². The number of nitrogens with zero attached hydrogens (tertiary/aromatic N) is 1. The largest absolute Gasteiger partial charge is 0.309 e. The topological polar surface area (TPSA) is 4.93 Å². The first kappa shape index (κ1) is 30.4. The Kier molecular flexibility index (Phi) is 7.50. The summed E-state index contributed by atoms with van der Waals surface area (Å²) in [6, 6.07) is 49.8. The smallest absolute Gasteiger partial charge is 0.0576 e. The molecule has 2 aliphatic carbocycles.